The fourth-order valence-corrected chi connectivity index (χ4v) is 2.03. The molecule has 0 heterocycles. The van der Waals surface area contributed by atoms with E-state index in [1.807, 2.05) is 6.07 Å². The molecule has 1 fully saturated rings. The van der Waals surface area contributed by atoms with Crippen LogP contribution in [0.3, 0.4) is 0 Å². The molecule has 0 radical (unpaired) electrons. The molecule has 1 saturated carbocycles. The maximum atomic E-state index is 10.8. The predicted molar refractivity (Wildman–Crippen MR) is 70.1 cm³/mol. The van der Waals surface area contributed by atoms with E-state index in [2.05, 4.69) is 6.92 Å². The average molecular weight is 249 g/mol. The molecule has 0 aliphatic heterocycles. The summed E-state index contributed by atoms with van der Waals surface area (Å²) < 4.78 is 5.73. The van der Waals surface area contributed by atoms with Crippen molar-refractivity contribution in [2.24, 2.45) is 0 Å². The molecule has 98 valence electrons. The molecule has 1 aromatic carbocycles. The van der Waals surface area contributed by atoms with Gasteiger partial charge in [-0.15, -0.1) is 0 Å². The lowest BCUT2D eigenvalue weighted by Gasteiger charge is -2.10. The Kier molecular flexibility index (Phi) is 4.18. The van der Waals surface area contributed by atoms with E-state index in [4.69, 9.17) is 4.74 Å². The third-order valence-electron chi connectivity index (χ3n) is 3.23. The van der Waals surface area contributed by atoms with Crippen molar-refractivity contribution in [2.45, 2.75) is 44.9 Å². The summed E-state index contributed by atoms with van der Waals surface area (Å²) in [5, 5.41) is 10.8. The molecule has 1 aromatic rings. The SMILES string of the molecule is CCCCCOc1cc([N+](=O)[O-])ccc1C1CC1. The van der Waals surface area contributed by atoms with Crippen molar-refractivity contribution >= 4 is 5.69 Å². The number of nitro groups is 1. The molecule has 4 heteroatoms. The van der Waals surface area contributed by atoms with Crippen LogP contribution >= 0.6 is 0 Å². The highest BCUT2D eigenvalue weighted by Gasteiger charge is 2.27. The number of benzene rings is 1. The van der Waals surface area contributed by atoms with E-state index in [-0.39, 0.29) is 10.6 Å². The minimum atomic E-state index is -0.365. The molecule has 0 amide bonds. The lowest BCUT2D eigenvalue weighted by Crippen LogP contribution is -2.01. The van der Waals surface area contributed by atoms with E-state index in [1.54, 1.807) is 12.1 Å². The quantitative estimate of drug-likeness (QED) is 0.416. The summed E-state index contributed by atoms with van der Waals surface area (Å²) in [6.07, 6.45) is 5.62. The number of nitro benzene ring substituents is 1. The van der Waals surface area contributed by atoms with Gasteiger partial charge >= 0.3 is 0 Å². The van der Waals surface area contributed by atoms with Gasteiger partial charge in [-0.2, -0.15) is 0 Å². The second-order valence-corrected chi connectivity index (χ2v) is 4.81. The van der Waals surface area contributed by atoms with Gasteiger partial charge < -0.3 is 4.74 Å². The van der Waals surface area contributed by atoms with Crippen LogP contribution in [0.1, 0.15) is 50.5 Å². The van der Waals surface area contributed by atoms with E-state index >= 15 is 0 Å². The summed E-state index contributed by atoms with van der Waals surface area (Å²) in [7, 11) is 0. The van der Waals surface area contributed by atoms with Crippen molar-refractivity contribution in [3.63, 3.8) is 0 Å². The number of ether oxygens (including phenoxy) is 1. The van der Waals surface area contributed by atoms with Gasteiger partial charge in [0.05, 0.1) is 17.6 Å². The van der Waals surface area contributed by atoms with Gasteiger partial charge in [0.1, 0.15) is 5.75 Å². The topological polar surface area (TPSA) is 52.4 Å². The van der Waals surface area contributed by atoms with E-state index < -0.39 is 0 Å². The Bertz CT molecular complexity index is 427. The summed E-state index contributed by atoms with van der Waals surface area (Å²) >= 11 is 0. The van der Waals surface area contributed by atoms with Crippen LogP contribution in [0.15, 0.2) is 18.2 Å². The summed E-state index contributed by atoms with van der Waals surface area (Å²) in [4.78, 5) is 10.4. The Balaban J connectivity index is 2.08. The molecule has 0 spiro atoms. The van der Waals surface area contributed by atoms with Crippen LogP contribution in [-0.4, -0.2) is 11.5 Å². The minimum Gasteiger partial charge on any atom is -0.493 e. The Labute approximate surface area is 107 Å². The third-order valence-corrected chi connectivity index (χ3v) is 3.23. The molecule has 0 unspecified atom stereocenters. The van der Waals surface area contributed by atoms with Crippen molar-refractivity contribution in [1.82, 2.24) is 0 Å². The molecule has 0 atom stereocenters. The first-order chi connectivity index (χ1) is 8.72. The number of unbranched alkanes of at least 4 members (excludes halogenated alkanes) is 2. The van der Waals surface area contributed by atoms with Crippen LogP contribution < -0.4 is 4.74 Å². The van der Waals surface area contributed by atoms with Crippen LogP contribution in [-0.2, 0) is 0 Å². The highest BCUT2D eigenvalue weighted by Crippen LogP contribution is 2.45. The van der Waals surface area contributed by atoms with Crippen LogP contribution in [0.4, 0.5) is 5.69 Å². The minimum absolute atomic E-state index is 0.116. The molecular weight excluding hydrogens is 230 g/mol. The first-order valence-corrected chi connectivity index (χ1v) is 6.63. The number of nitrogens with zero attached hydrogens (tertiary/aromatic N) is 1. The van der Waals surface area contributed by atoms with Crippen LogP contribution in [0.25, 0.3) is 0 Å². The molecule has 1 aliphatic carbocycles. The monoisotopic (exact) mass is 249 g/mol. The maximum absolute atomic E-state index is 10.8. The van der Waals surface area contributed by atoms with E-state index in [0.29, 0.717) is 18.3 Å². The first kappa shape index (κ1) is 12.9. The normalized spacial score (nSPS) is 14.5. The second kappa shape index (κ2) is 5.85. The van der Waals surface area contributed by atoms with Crippen molar-refractivity contribution in [2.75, 3.05) is 6.61 Å². The number of rotatable bonds is 7. The van der Waals surface area contributed by atoms with Crippen molar-refractivity contribution < 1.29 is 9.66 Å². The zero-order valence-electron chi connectivity index (χ0n) is 10.7. The highest BCUT2D eigenvalue weighted by atomic mass is 16.6. The molecule has 0 N–H and O–H groups in total. The zero-order chi connectivity index (χ0) is 13.0. The van der Waals surface area contributed by atoms with Gasteiger partial charge in [0.25, 0.3) is 5.69 Å². The Morgan fingerprint density at radius 1 is 1.39 bits per heavy atom. The van der Waals surface area contributed by atoms with Crippen LogP contribution in [0.5, 0.6) is 5.75 Å². The number of non-ortho nitro benzene ring substituents is 1. The molecule has 18 heavy (non-hydrogen) atoms. The van der Waals surface area contributed by atoms with Crippen LogP contribution in [0, 0.1) is 10.1 Å². The van der Waals surface area contributed by atoms with Gasteiger partial charge in [0.2, 0.25) is 0 Å². The molecule has 4 nitrogen and oxygen atoms in total. The summed E-state index contributed by atoms with van der Waals surface area (Å²) in [6, 6.07) is 5.00. The molecule has 0 aromatic heterocycles. The van der Waals surface area contributed by atoms with Crippen LogP contribution in [0.2, 0.25) is 0 Å². The molecular formula is C14H19NO3. The maximum Gasteiger partial charge on any atom is 0.273 e. The standard InChI is InChI=1S/C14H19NO3/c1-2-3-4-9-18-14-10-12(15(16)17)7-8-13(14)11-5-6-11/h7-8,10-11H,2-6,9H2,1H3. The van der Waals surface area contributed by atoms with Gasteiger partial charge in [-0.3, -0.25) is 10.1 Å². The number of hydrogen-bond acceptors (Lipinski definition) is 3. The smallest absolute Gasteiger partial charge is 0.273 e. The second-order valence-electron chi connectivity index (χ2n) is 4.81. The van der Waals surface area contributed by atoms with Gasteiger partial charge in [-0.1, -0.05) is 19.8 Å². The van der Waals surface area contributed by atoms with Crippen molar-refractivity contribution in [3.05, 3.63) is 33.9 Å². The van der Waals surface area contributed by atoms with Crippen molar-refractivity contribution in [3.8, 4) is 5.75 Å². The summed E-state index contributed by atoms with van der Waals surface area (Å²) in [6.45, 7) is 2.79. The Morgan fingerprint density at radius 2 is 2.17 bits per heavy atom. The Morgan fingerprint density at radius 3 is 2.78 bits per heavy atom. The van der Waals surface area contributed by atoms with E-state index in [9.17, 15) is 10.1 Å². The largest absolute Gasteiger partial charge is 0.493 e. The molecule has 1 aliphatic rings. The summed E-state index contributed by atoms with van der Waals surface area (Å²) in [5.74, 6) is 1.26. The third kappa shape index (κ3) is 3.22. The lowest BCUT2D eigenvalue weighted by atomic mass is 10.1. The van der Waals surface area contributed by atoms with E-state index in [0.717, 1.165) is 24.8 Å². The predicted octanol–water partition coefficient (Wildman–Crippen LogP) is 4.04. The highest BCUT2D eigenvalue weighted by molar-refractivity contribution is 5.47. The number of hydrogen-bond donors (Lipinski definition) is 0. The van der Waals surface area contributed by atoms with Gasteiger partial charge in [0.15, 0.2) is 0 Å². The first-order valence-electron chi connectivity index (χ1n) is 6.63. The van der Waals surface area contributed by atoms with Gasteiger partial charge in [-0.25, -0.2) is 0 Å². The fraction of sp³-hybridized carbons (Fsp3) is 0.571. The Hall–Kier alpha value is -1.58. The average Bonchev–Trinajstić information content (AvgIpc) is 3.18. The van der Waals surface area contributed by atoms with Crippen molar-refractivity contribution in [1.29, 1.82) is 0 Å². The lowest BCUT2D eigenvalue weighted by molar-refractivity contribution is -0.385. The molecule has 0 bridgehead atoms. The summed E-state index contributed by atoms with van der Waals surface area (Å²) in [5.41, 5.74) is 1.25. The van der Waals surface area contributed by atoms with Gasteiger partial charge in [0, 0.05) is 6.07 Å². The zero-order valence-corrected chi connectivity index (χ0v) is 10.7. The molecule has 0 saturated heterocycles. The molecule has 2 rings (SSSR count). The fourth-order valence-electron chi connectivity index (χ4n) is 2.03. The van der Waals surface area contributed by atoms with E-state index in [1.165, 1.54) is 12.8 Å². The van der Waals surface area contributed by atoms with Gasteiger partial charge in [-0.05, 0) is 36.8 Å².